The fourth-order valence-corrected chi connectivity index (χ4v) is 15.2. The molecular formula is C78H68N2O8. The number of fused-ring (bicyclic) bond motifs is 12. The highest BCUT2D eigenvalue weighted by molar-refractivity contribution is 6.25. The van der Waals surface area contributed by atoms with Crippen molar-refractivity contribution in [3.63, 3.8) is 0 Å². The van der Waals surface area contributed by atoms with E-state index in [4.69, 9.17) is 9.47 Å². The van der Waals surface area contributed by atoms with E-state index in [9.17, 15) is 4.79 Å². The molecule has 4 aliphatic carbocycles. The second-order valence-electron chi connectivity index (χ2n) is 24.9. The van der Waals surface area contributed by atoms with E-state index >= 15 is 24.0 Å². The summed E-state index contributed by atoms with van der Waals surface area (Å²) in [7, 11) is 1.27. The molecule has 0 radical (unpaired) electrons. The van der Waals surface area contributed by atoms with Gasteiger partial charge in [-0.3, -0.25) is 19.2 Å². The van der Waals surface area contributed by atoms with Crippen LogP contribution in [0.3, 0.4) is 0 Å². The highest BCUT2D eigenvalue weighted by Gasteiger charge is 2.67. The molecule has 9 aromatic rings. The molecule has 0 unspecified atom stereocenters. The normalized spacial score (nSPS) is 16.3. The van der Waals surface area contributed by atoms with Gasteiger partial charge < -0.3 is 20.1 Å². The molecule has 13 rings (SSSR count). The maximum Gasteiger partial charge on any atom is 0.408 e. The van der Waals surface area contributed by atoms with Crippen LogP contribution in [-0.4, -0.2) is 54.0 Å². The van der Waals surface area contributed by atoms with Gasteiger partial charge in [-0.05, 0) is 139 Å². The number of nitrogens with one attached hydrogen (secondary N) is 2. The smallest absolute Gasteiger partial charge is 0.408 e. The fraction of sp³-hybridized carbons (Fsp3) is 0.231. The molecule has 4 aliphatic rings. The summed E-state index contributed by atoms with van der Waals surface area (Å²) >= 11 is 0. The van der Waals surface area contributed by atoms with Gasteiger partial charge in [0, 0.05) is 12.8 Å². The number of hydrogen-bond acceptors (Lipinski definition) is 8. The Hall–Kier alpha value is -9.80. The minimum absolute atomic E-state index is 0.0495. The Morgan fingerprint density at radius 1 is 0.375 bits per heavy atom. The molecule has 0 fully saturated rings. The molecule has 2 N–H and O–H groups in total. The second-order valence-corrected chi connectivity index (χ2v) is 24.9. The predicted octanol–water partition coefficient (Wildman–Crippen LogP) is 13.5. The quantitative estimate of drug-likeness (QED) is 0.0858. The Morgan fingerprint density at radius 2 is 0.659 bits per heavy atom. The van der Waals surface area contributed by atoms with Gasteiger partial charge in [-0.1, -0.05) is 238 Å². The van der Waals surface area contributed by atoms with Crippen LogP contribution in [0.15, 0.2) is 224 Å². The molecule has 10 heteroatoms. The third-order valence-corrected chi connectivity index (χ3v) is 19.2. The molecule has 0 saturated heterocycles. The lowest BCUT2D eigenvalue weighted by atomic mass is 9.52. The number of Topliss-reactive ketones (excluding diaryl/α,β-unsaturated/α-hetero) is 3. The molecule has 0 heterocycles. The van der Waals surface area contributed by atoms with Crippen LogP contribution in [0.2, 0.25) is 0 Å². The minimum atomic E-state index is -2.24. The number of esters is 1. The van der Waals surface area contributed by atoms with Gasteiger partial charge in [-0.2, -0.15) is 0 Å². The Kier molecular flexibility index (Phi) is 15.1. The summed E-state index contributed by atoms with van der Waals surface area (Å²) in [5, 5.41) is 6.37. The largest absolute Gasteiger partial charge is 0.467 e. The zero-order valence-corrected chi connectivity index (χ0v) is 49.6. The molecule has 0 bridgehead atoms. The van der Waals surface area contributed by atoms with Crippen LogP contribution in [0.5, 0.6) is 0 Å². The van der Waals surface area contributed by atoms with Crippen LogP contribution >= 0.6 is 0 Å². The monoisotopic (exact) mass is 1160 g/mol. The van der Waals surface area contributed by atoms with E-state index < -0.39 is 69.1 Å². The first-order valence-electron chi connectivity index (χ1n) is 30.4. The molecule has 0 aromatic heterocycles. The predicted molar refractivity (Wildman–Crippen MR) is 341 cm³/mol. The lowest BCUT2D eigenvalue weighted by Crippen LogP contribution is -2.68. The fourth-order valence-electron chi connectivity index (χ4n) is 15.2. The van der Waals surface area contributed by atoms with Crippen LogP contribution in [0.25, 0.3) is 44.5 Å². The van der Waals surface area contributed by atoms with Crippen molar-refractivity contribution in [1.29, 1.82) is 0 Å². The molecule has 438 valence electrons. The van der Waals surface area contributed by atoms with Crippen LogP contribution in [-0.2, 0) is 91.4 Å². The summed E-state index contributed by atoms with van der Waals surface area (Å²) < 4.78 is 11.5. The maximum absolute atomic E-state index is 18.9. The van der Waals surface area contributed by atoms with Gasteiger partial charge in [-0.15, -0.1) is 0 Å². The Labute approximate surface area is 513 Å². The first-order valence-corrected chi connectivity index (χ1v) is 30.4. The summed E-state index contributed by atoms with van der Waals surface area (Å²) in [6, 6.07) is 70.6. The van der Waals surface area contributed by atoms with E-state index in [0.717, 1.165) is 61.2 Å². The second kappa shape index (κ2) is 23.1. The standard InChI is InChI=1S/C78H68N2O8/c1-50(2)68(69(81)87-3)79-73(85)77(45-56-29-11-19-37-64(56)65-38-20-12-30-57(65)46-77)71(83)75(41-52-25-7-15-33-60(52)61-34-16-8-26-53(61)42-75)70(82)76(43-54-27-9-17-35-62(54)63-36-18-10-28-55(63)44-76)72(84)78(80-74(86)88-49-51-23-5-4-6-24-51)47-58-31-13-21-39-66(58)67-40-22-14-32-59(67)48-78/h4-40,50,68H,41-49H2,1-3H3,(H,79,85)(H,80,86)/t68-/m0/s1. The van der Waals surface area contributed by atoms with Gasteiger partial charge >= 0.3 is 12.1 Å². The van der Waals surface area contributed by atoms with E-state index in [1.807, 2.05) is 224 Å². The molecule has 10 nitrogen and oxygen atoms in total. The Bertz CT molecular complexity index is 4070. The van der Waals surface area contributed by atoms with Crippen molar-refractivity contribution < 1.29 is 38.2 Å². The van der Waals surface area contributed by atoms with E-state index in [0.29, 0.717) is 33.4 Å². The molecule has 2 amide bonds. The van der Waals surface area contributed by atoms with Gasteiger partial charge in [0.2, 0.25) is 5.91 Å². The number of ether oxygens (including phenoxy) is 2. The van der Waals surface area contributed by atoms with E-state index in [1.165, 1.54) is 7.11 Å². The molecule has 88 heavy (non-hydrogen) atoms. The number of carbonyl (C=O) groups is 6. The van der Waals surface area contributed by atoms with Crippen molar-refractivity contribution >= 4 is 35.3 Å². The summed E-state index contributed by atoms with van der Waals surface area (Å²) in [6.45, 7) is 3.51. The average molecular weight is 1160 g/mol. The number of carbonyl (C=O) groups excluding carboxylic acids is 6. The highest BCUT2D eigenvalue weighted by atomic mass is 16.5. The molecule has 0 saturated carbocycles. The zero-order chi connectivity index (χ0) is 60.8. The molecule has 0 spiro atoms. The van der Waals surface area contributed by atoms with Crippen molar-refractivity contribution in [2.45, 2.75) is 83.4 Å². The minimum Gasteiger partial charge on any atom is -0.467 e. The number of ketones is 3. The van der Waals surface area contributed by atoms with Gasteiger partial charge in [0.15, 0.2) is 17.3 Å². The van der Waals surface area contributed by atoms with Crippen molar-refractivity contribution in [2.75, 3.05) is 7.11 Å². The van der Waals surface area contributed by atoms with E-state index in [2.05, 4.69) is 10.6 Å². The van der Waals surface area contributed by atoms with Crippen LogP contribution in [0.1, 0.15) is 63.9 Å². The van der Waals surface area contributed by atoms with Gasteiger partial charge in [-0.25, -0.2) is 9.59 Å². The number of alkyl carbamates (subject to hydrolysis) is 1. The third-order valence-electron chi connectivity index (χ3n) is 19.2. The lowest BCUT2D eigenvalue weighted by molar-refractivity contribution is -0.161. The molecule has 9 aromatic carbocycles. The van der Waals surface area contributed by atoms with Gasteiger partial charge in [0.1, 0.15) is 23.6 Å². The van der Waals surface area contributed by atoms with Crippen molar-refractivity contribution in [3.8, 4) is 44.5 Å². The first kappa shape index (κ1) is 57.3. The lowest BCUT2D eigenvalue weighted by Gasteiger charge is -2.47. The van der Waals surface area contributed by atoms with Crippen LogP contribution < -0.4 is 10.6 Å². The Balaban J connectivity index is 1.12. The zero-order valence-electron chi connectivity index (χ0n) is 49.6. The number of amides is 2. The number of methoxy groups -OCH3 is 1. The van der Waals surface area contributed by atoms with Crippen molar-refractivity contribution in [3.05, 3.63) is 275 Å². The average Bonchev–Trinajstić information content (AvgIpc) is 1.38. The summed E-state index contributed by atoms with van der Waals surface area (Å²) in [4.78, 5) is 102. The Morgan fingerprint density at radius 3 is 0.989 bits per heavy atom. The van der Waals surface area contributed by atoms with Crippen LogP contribution in [0, 0.1) is 22.2 Å². The van der Waals surface area contributed by atoms with Gasteiger partial charge in [0.05, 0.1) is 17.9 Å². The third kappa shape index (κ3) is 9.94. The number of hydrogen-bond donors (Lipinski definition) is 2. The SMILES string of the molecule is COC(=O)[C@@H](NC(=O)C1(C(=O)C2(C(=O)C3(C(=O)C4(NC(=O)OCc5ccccc5)Cc5ccccc5-c5ccccc5C4)Cc4ccccc4-c4ccccc4C3)Cc3ccccc3-c3ccccc3C2)Cc2ccccc2-c2ccccc2C1)C(C)C. The number of benzene rings is 9. The number of rotatable bonds is 13. The first-order chi connectivity index (χ1) is 42.8. The highest BCUT2D eigenvalue weighted by Crippen LogP contribution is 2.55. The summed E-state index contributed by atoms with van der Waals surface area (Å²) in [5.74, 6) is -3.82. The van der Waals surface area contributed by atoms with E-state index in [1.54, 1.807) is 13.8 Å². The maximum atomic E-state index is 18.9. The molecular weight excluding hydrogens is 1090 g/mol. The molecule has 0 aliphatic heterocycles. The summed E-state index contributed by atoms with van der Waals surface area (Å²) in [6.07, 6.45) is -2.05. The van der Waals surface area contributed by atoms with Crippen molar-refractivity contribution in [2.24, 2.45) is 22.2 Å². The summed E-state index contributed by atoms with van der Waals surface area (Å²) in [5.41, 5.74) is 4.62. The molecule has 1 atom stereocenters. The van der Waals surface area contributed by atoms with Crippen LogP contribution in [0.4, 0.5) is 4.79 Å². The van der Waals surface area contributed by atoms with E-state index in [-0.39, 0.29) is 58.0 Å². The van der Waals surface area contributed by atoms with Crippen molar-refractivity contribution in [1.82, 2.24) is 10.6 Å². The topological polar surface area (TPSA) is 145 Å². The van der Waals surface area contributed by atoms with Gasteiger partial charge in [0.25, 0.3) is 0 Å².